The number of amides is 5. The Kier molecular flexibility index (Phi) is 15.2. The lowest BCUT2D eigenvalue weighted by molar-refractivity contribution is -0.136. The summed E-state index contributed by atoms with van der Waals surface area (Å²) in [4.78, 5) is 81.9. The summed E-state index contributed by atoms with van der Waals surface area (Å²) in [6, 6.07) is 15.6. The van der Waals surface area contributed by atoms with E-state index in [2.05, 4.69) is 32.7 Å². The number of aromatic nitrogens is 2. The molecule has 3 saturated heterocycles. The molecule has 19 heteroatoms. The van der Waals surface area contributed by atoms with Crippen LogP contribution < -0.4 is 24.6 Å². The van der Waals surface area contributed by atoms with Gasteiger partial charge in [0.05, 0.1) is 62.5 Å². The minimum absolute atomic E-state index is 0.0557. The molecule has 0 aliphatic carbocycles. The highest BCUT2D eigenvalue weighted by atomic mass is 16.6. The molecular formula is C51H60N8O11. The van der Waals surface area contributed by atoms with E-state index < -0.39 is 29.7 Å². The number of rotatable bonds is 19. The SMILES string of the molecule is C=CC(=O)N1CCN(c2nc(O[C@H](C)CN3CCC(OCCOCCOCCOc4ccc5c(c4)C(=O)N(C4CCC(=O)NC4=O)C5=O)CC3)nc3c2CCN(c2cc(O)cc4ccccc24)C3)CC1. The van der Waals surface area contributed by atoms with Gasteiger partial charge in [-0.3, -0.25) is 39.1 Å². The summed E-state index contributed by atoms with van der Waals surface area (Å²) in [6.45, 7) is 14.0. The highest BCUT2D eigenvalue weighted by Gasteiger charge is 2.45. The number of carbonyl (C=O) groups is 5. The van der Waals surface area contributed by atoms with Crippen molar-refractivity contribution in [2.45, 2.75) is 63.8 Å². The minimum Gasteiger partial charge on any atom is -0.508 e. The standard InChI is InChI=1S/C51H60N8O11/c1-3-46(62)56-18-20-57(21-19-56)47-40-14-17-58(44-29-35(60)28-34-6-4-5-7-38(34)44)32-42(40)52-51(54-47)70-33(2)31-55-15-12-36(13-16-55)68-26-24-66-22-23-67-25-27-69-37-8-9-39-41(30-37)50(65)59(49(39)64)43-10-11-45(61)53-48(43)63/h3-9,28-30,33,36,43,60H,1,10-27,31-32H2,2H3,(H,53,61,63)/t33-,43?/m1/s1. The maximum atomic E-state index is 13.1. The first kappa shape index (κ1) is 48.4. The van der Waals surface area contributed by atoms with Gasteiger partial charge in [-0.2, -0.15) is 9.97 Å². The minimum atomic E-state index is -1.02. The molecule has 0 spiro atoms. The molecule has 1 aromatic heterocycles. The van der Waals surface area contributed by atoms with Crippen molar-refractivity contribution in [2.24, 2.45) is 0 Å². The Labute approximate surface area is 406 Å². The fourth-order valence-corrected chi connectivity index (χ4v) is 9.91. The van der Waals surface area contributed by atoms with Crippen LogP contribution in [0.1, 0.15) is 64.6 Å². The summed E-state index contributed by atoms with van der Waals surface area (Å²) < 4.78 is 29.8. The highest BCUT2D eigenvalue weighted by Crippen LogP contribution is 2.37. The number of benzene rings is 3. The first-order valence-electron chi connectivity index (χ1n) is 24.2. The third-order valence-electron chi connectivity index (χ3n) is 13.5. The van der Waals surface area contributed by atoms with Crippen molar-refractivity contribution < 1.29 is 52.8 Å². The molecule has 6 heterocycles. The van der Waals surface area contributed by atoms with Gasteiger partial charge in [-0.25, -0.2) is 0 Å². The Morgan fingerprint density at radius 3 is 2.34 bits per heavy atom. The third kappa shape index (κ3) is 11.0. The smallest absolute Gasteiger partial charge is 0.318 e. The topological polar surface area (TPSA) is 206 Å². The number of nitrogens with zero attached hydrogens (tertiary/aromatic N) is 7. The largest absolute Gasteiger partial charge is 0.508 e. The zero-order chi connectivity index (χ0) is 48.7. The first-order chi connectivity index (χ1) is 34.0. The van der Waals surface area contributed by atoms with Gasteiger partial charge >= 0.3 is 6.01 Å². The molecule has 5 aliphatic heterocycles. The van der Waals surface area contributed by atoms with Crippen molar-refractivity contribution in [1.29, 1.82) is 0 Å². The number of phenols is 1. The monoisotopic (exact) mass is 960 g/mol. The molecule has 2 atom stereocenters. The van der Waals surface area contributed by atoms with Gasteiger partial charge in [0.1, 0.15) is 36.1 Å². The molecule has 3 aromatic carbocycles. The number of piperidine rings is 2. The summed E-state index contributed by atoms with van der Waals surface area (Å²) in [6.07, 6.45) is 3.97. The summed E-state index contributed by atoms with van der Waals surface area (Å²) in [7, 11) is 0. The zero-order valence-electron chi connectivity index (χ0n) is 39.5. The molecule has 2 N–H and O–H groups in total. The molecular weight excluding hydrogens is 901 g/mol. The van der Waals surface area contributed by atoms with Gasteiger partial charge in [-0.15, -0.1) is 0 Å². The van der Waals surface area contributed by atoms with Gasteiger partial charge in [-0.05, 0) is 68.3 Å². The second-order valence-corrected chi connectivity index (χ2v) is 18.2. The predicted octanol–water partition coefficient (Wildman–Crippen LogP) is 3.49. The van der Waals surface area contributed by atoms with Gasteiger partial charge in [-0.1, -0.05) is 30.8 Å². The quantitative estimate of drug-likeness (QED) is 0.0784. The number of ether oxygens (including phenoxy) is 5. The molecule has 1 unspecified atom stereocenters. The number of nitrogens with one attached hydrogen (secondary N) is 1. The van der Waals surface area contributed by atoms with Crippen LogP contribution in [0.25, 0.3) is 10.8 Å². The van der Waals surface area contributed by atoms with E-state index in [4.69, 9.17) is 33.7 Å². The number of imide groups is 2. The number of hydrogen-bond donors (Lipinski definition) is 2. The number of carbonyl (C=O) groups excluding carboxylic acids is 5. The van der Waals surface area contributed by atoms with Gasteiger partial charge in [0.2, 0.25) is 17.7 Å². The lowest BCUT2D eigenvalue weighted by atomic mass is 10.0. The fraction of sp³-hybridized carbons (Fsp3) is 0.471. The molecule has 5 amide bonds. The van der Waals surface area contributed by atoms with Crippen LogP contribution in [-0.4, -0.2) is 170 Å². The lowest BCUT2D eigenvalue weighted by Crippen LogP contribution is -2.54. The van der Waals surface area contributed by atoms with Crippen LogP contribution >= 0.6 is 0 Å². The van der Waals surface area contributed by atoms with Crippen LogP contribution in [0.2, 0.25) is 0 Å². The molecule has 9 rings (SSSR count). The molecule has 19 nitrogen and oxygen atoms in total. The number of fused-ring (bicyclic) bond motifs is 3. The Morgan fingerprint density at radius 1 is 0.829 bits per heavy atom. The highest BCUT2D eigenvalue weighted by molar-refractivity contribution is 6.23. The second-order valence-electron chi connectivity index (χ2n) is 18.2. The van der Waals surface area contributed by atoms with E-state index in [0.29, 0.717) is 77.5 Å². The Morgan fingerprint density at radius 2 is 1.57 bits per heavy atom. The molecule has 3 fully saturated rings. The summed E-state index contributed by atoms with van der Waals surface area (Å²) in [5, 5.41) is 14.9. The van der Waals surface area contributed by atoms with Crippen molar-refractivity contribution in [3.8, 4) is 17.5 Å². The van der Waals surface area contributed by atoms with E-state index in [-0.39, 0.29) is 61.0 Å². The van der Waals surface area contributed by atoms with Crippen LogP contribution in [0, 0.1) is 0 Å². The average Bonchev–Trinajstić information content (AvgIpc) is 3.61. The summed E-state index contributed by atoms with van der Waals surface area (Å²) in [5.74, 6) is -0.828. The average molecular weight is 961 g/mol. The number of anilines is 2. The van der Waals surface area contributed by atoms with E-state index in [0.717, 1.165) is 77.3 Å². The van der Waals surface area contributed by atoms with Gasteiger partial charge < -0.3 is 43.5 Å². The zero-order valence-corrected chi connectivity index (χ0v) is 39.5. The van der Waals surface area contributed by atoms with E-state index in [1.54, 1.807) is 12.1 Å². The summed E-state index contributed by atoms with van der Waals surface area (Å²) >= 11 is 0. The van der Waals surface area contributed by atoms with Gasteiger partial charge in [0, 0.05) is 81.5 Å². The van der Waals surface area contributed by atoms with Crippen molar-refractivity contribution in [1.82, 2.24) is 30.0 Å². The van der Waals surface area contributed by atoms with Crippen LogP contribution in [-0.2, 0) is 41.6 Å². The predicted molar refractivity (Wildman–Crippen MR) is 257 cm³/mol. The Bertz CT molecular complexity index is 2610. The molecule has 0 radical (unpaired) electrons. The first-order valence-corrected chi connectivity index (χ1v) is 24.2. The van der Waals surface area contributed by atoms with E-state index in [9.17, 15) is 29.1 Å². The fourth-order valence-electron chi connectivity index (χ4n) is 9.91. The van der Waals surface area contributed by atoms with E-state index in [1.807, 2.05) is 36.1 Å². The lowest BCUT2D eigenvalue weighted by Gasteiger charge is -2.38. The number of piperazine rings is 1. The van der Waals surface area contributed by atoms with Crippen LogP contribution in [0.4, 0.5) is 11.5 Å². The maximum absolute atomic E-state index is 13.1. The van der Waals surface area contributed by atoms with Crippen molar-refractivity contribution in [2.75, 3.05) is 102 Å². The van der Waals surface area contributed by atoms with Crippen LogP contribution in [0.3, 0.4) is 0 Å². The van der Waals surface area contributed by atoms with E-state index >= 15 is 0 Å². The van der Waals surface area contributed by atoms with Gasteiger partial charge in [0.25, 0.3) is 11.8 Å². The van der Waals surface area contributed by atoms with Crippen molar-refractivity contribution in [3.05, 3.63) is 89.6 Å². The molecule has 5 aliphatic rings. The molecule has 0 saturated carbocycles. The Hall–Kier alpha value is -6.67. The van der Waals surface area contributed by atoms with Crippen LogP contribution in [0.5, 0.6) is 17.5 Å². The third-order valence-corrected chi connectivity index (χ3v) is 13.5. The molecule has 70 heavy (non-hydrogen) atoms. The second kappa shape index (κ2) is 22.0. The summed E-state index contributed by atoms with van der Waals surface area (Å²) in [5.41, 5.74) is 3.29. The molecule has 4 aromatic rings. The maximum Gasteiger partial charge on any atom is 0.318 e. The molecule has 0 bridgehead atoms. The molecule has 370 valence electrons. The number of likely N-dealkylation sites (tertiary alicyclic amines) is 1. The van der Waals surface area contributed by atoms with Crippen molar-refractivity contribution >= 4 is 51.8 Å². The van der Waals surface area contributed by atoms with Crippen molar-refractivity contribution in [3.63, 3.8) is 0 Å². The van der Waals surface area contributed by atoms with Gasteiger partial charge in [0.15, 0.2) is 0 Å². The van der Waals surface area contributed by atoms with Crippen LogP contribution in [0.15, 0.2) is 67.3 Å². The normalized spacial score (nSPS) is 19.3. The number of phenolic OH excluding ortho intramolecular Hbond substituents is 1. The number of hydrogen-bond acceptors (Lipinski definition) is 16. The van der Waals surface area contributed by atoms with E-state index in [1.165, 1.54) is 18.2 Å². The Balaban J connectivity index is 0.686. The number of aromatic hydroxyl groups is 1.